The maximum absolute atomic E-state index is 13.4. The quantitative estimate of drug-likeness (QED) is 0.841. The Morgan fingerprint density at radius 2 is 1.93 bits per heavy atom. The summed E-state index contributed by atoms with van der Waals surface area (Å²) in [5.74, 6) is -1.43. The molecule has 27 heavy (non-hydrogen) atoms. The molecule has 0 atom stereocenters. The van der Waals surface area contributed by atoms with Gasteiger partial charge < -0.3 is 0 Å². The van der Waals surface area contributed by atoms with Crippen molar-refractivity contribution in [3.05, 3.63) is 59.7 Å². The molecule has 0 aromatic heterocycles. The van der Waals surface area contributed by atoms with Crippen LogP contribution in [0, 0.1) is 11.6 Å². The van der Waals surface area contributed by atoms with Crippen molar-refractivity contribution in [2.24, 2.45) is 10.1 Å². The van der Waals surface area contributed by atoms with Crippen LogP contribution in [0.3, 0.4) is 0 Å². The molecule has 6 nitrogen and oxygen atoms in total. The molecule has 0 fully saturated rings. The molecule has 0 radical (unpaired) electrons. The van der Waals surface area contributed by atoms with E-state index in [-0.39, 0.29) is 4.90 Å². The first-order valence-corrected chi connectivity index (χ1v) is 10.2. The van der Waals surface area contributed by atoms with Crippen molar-refractivity contribution in [1.29, 1.82) is 0 Å². The first kappa shape index (κ1) is 19.5. The molecule has 2 aromatic carbocycles. The van der Waals surface area contributed by atoms with E-state index in [1.54, 1.807) is 12.1 Å². The van der Waals surface area contributed by atoms with Crippen molar-refractivity contribution in [2.75, 3.05) is 19.8 Å². The van der Waals surface area contributed by atoms with Gasteiger partial charge in [-0.05, 0) is 36.4 Å². The van der Waals surface area contributed by atoms with Crippen LogP contribution in [0.4, 0.5) is 14.5 Å². The maximum atomic E-state index is 13.4. The molecule has 2 aromatic rings. The molecule has 0 amide bonds. The van der Waals surface area contributed by atoms with E-state index < -0.39 is 21.7 Å². The van der Waals surface area contributed by atoms with Gasteiger partial charge in [0, 0.05) is 25.4 Å². The van der Waals surface area contributed by atoms with E-state index in [1.165, 1.54) is 44.1 Å². The molecule has 0 unspecified atom stereocenters. The van der Waals surface area contributed by atoms with Crippen molar-refractivity contribution < 1.29 is 17.2 Å². The number of amidine groups is 1. The van der Waals surface area contributed by atoms with Crippen LogP contribution in [0.2, 0.25) is 0 Å². The number of halogens is 2. The van der Waals surface area contributed by atoms with E-state index in [4.69, 9.17) is 0 Å². The van der Waals surface area contributed by atoms with Crippen LogP contribution in [-0.4, -0.2) is 43.5 Å². The Bertz CT molecular complexity index is 1040. The van der Waals surface area contributed by atoms with E-state index in [1.807, 2.05) is 0 Å². The molecule has 0 bridgehead atoms. The largest absolute Gasteiger partial charge is 0.255 e. The highest BCUT2D eigenvalue weighted by molar-refractivity contribution is 8.14. The van der Waals surface area contributed by atoms with Gasteiger partial charge in [0.05, 0.1) is 16.3 Å². The predicted octanol–water partition coefficient (Wildman–Crippen LogP) is 2.94. The van der Waals surface area contributed by atoms with Crippen LogP contribution in [0.1, 0.15) is 5.56 Å². The molecule has 0 saturated heterocycles. The normalized spacial score (nSPS) is 16.3. The Morgan fingerprint density at radius 1 is 1.15 bits per heavy atom. The highest BCUT2D eigenvalue weighted by Gasteiger charge is 2.18. The lowest BCUT2D eigenvalue weighted by atomic mass is 10.1. The van der Waals surface area contributed by atoms with Crippen LogP contribution in [0.15, 0.2) is 57.5 Å². The van der Waals surface area contributed by atoms with Gasteiger partial charge in [-0.15, -0.1) is 0 Å². The number of hydrogen-bond donors (Lipinski definition) is 1. The van der Waals surface area contributed by atoms with Gasteiger partial charge in [0.15, 0.2) is 16.8 Å². The minimum Gasteiger partial charge on any atom is -0.255 e. The first-order chi connectivity index (χ1) is 12.8. The molecule has 0 saturated carbocycles. The van der Waals surface area contributed by atoms with Gasteiger partial charge in [0.1, 0.15) is 0 Å². The van der Waals surface area contributed by atoms with E-state index >= 15 is 0 Å². The number of sulfonamides is 1. The summed E-state index contributed by atoms with van der Waals surface area (Å²) in [5, 5.41) is 4.62. The summed E-state index contributed by atoms with van der Waals surface area (Å²) in [6.07, 6.45) is 0. The van der Waals surface area contributed by atoms with Crippen molar-refractivity contribution >= 4 is 38.4 Å². The lowest BCUT2D eigenvalue weighted by Gasteiger charge is -2.15. The van der Waals surface area contributed by atoms with Crippen molar-refractivity contribution in [1.82, 2.24) is 9.73 Å². The van der Waals surface area contributed by atoms with Gasteiger partial charge in [-0.25, -0.2) is 26.5 Å². The zero-order chi connectivity index (χ0) is 19.6. The van der Waals surface area contributed by atoms with E-state index in [0.29, 0.717) is 27.9 Å². The number of benzene rings is 2. The van der Waals surface area contributed by atoms with Gasteiger partial charge in [-0.3, -0.25) is 5.43 Å². The van der Waals surface area contributed by atoms with Gasteiger partial charge in [-0.2, -0.15) is 5.10 Å². The molecule has 1 aliphatic heterocycles. The summed E-state index contributed by atoms with van der Waals surface area (Å²) in [5.41, 5.74) is 4.25. The van der Waals surface area contributed by atoms with Crippen LogP contribution >= 0.6 is 11.8 Å². The average Bonchev–Trinajstić information content (AvgIpc) is 2.65. The molecular formula is C17H16F2N4O2S2. The molecule has 1 aliphatic rings. The highest BCUT2D eigenvalue weighted by Crippen LogP contribution is 2.23. The number of hydrogen-bond acceptors (Lipinski definition) is 5. The van der Waals surface area contributed by atoms with Crippen LogP contribution in [0.25, 0.3) is 0 Å². The summed E-state index contributed by atoms with van der Waals surface area (Å²) in [4.78, 5) is 4.50. The number of rotatable bonds is 4. The zero-order valence-electron chi connectivity index (χ0n) is 14.5. The Labute approximate surface area is 160 Å². The summed E-state index contributed by atoms with van der Waals surface area (Å²) in [6.45, 7) is 0. The van der Waals surface area contributed by atoms with Crippen LogP contribution < -0.4 is 5.43 Å². The molecule has 0 spiro atoms. The Kier molecular flexibility index (Phi) is 5.59. The van der Waals surface area contributed by atoms with Gasteiger partial charge >= 0.3 is 0 Å². The molecule has 10 heteroatoms. The molecule has 0 aliphatic carbocycles. The summed E-state index contributed by atoms with van der Waals surface area (Å²) < 4.78 is 51.9. The summed E-state index contributed by atoms with van der Waals surface area (Å²) in [7, 11) is -0.631. The van der Waals surface area contributed by atoms with E-state index in [9.17, 15) is 17.2 Å². The second kappa shape index (κ2) is 7.75. The number of aliphatic imine (C=N–C) groups is 1. The molecular weight excluding hydrogens is 394 g/mol. The Balaban J connectivity index is 1.80. The minimum atomic E-state index is -3.55. The third-order valence-corrected chi connectivity index (χ3v) is 6.40. The highest BCUT2D eigenvalue weighted by atomic mass is 32.2. The molecule has 3 rings (SSSR count). The standard InChI is InChI=1S/C17H16F2N4O2S2/c1-23(2)27(24,25)13-5-3-4-12(9-13)20-17-22-21-16(10-26-17)11-6-7-14(18)15(19)8-11/h3-9H,10H2,1-2H3,(H,20,22). The van der Waals surface area contributed by atoms with Gasteiger partial charge in [0.25, 0.3) is 0 Å². The first-order valence-electron chi connectivity index (χ1n) is 7.79. The Morgan fingerprint density at radius 3 is 2.56 bits per heavy atom. The fourth-order valence-electron chi connectivity index (χ4n) is 2.24. The average molecular weight is 410 g/mol. The molecule has 1 N–H and O–H groups in total. The Hall–Kier alpha value is -2.30. The van der Waals surface area contributed by atoms with Gasteiger partial charge in [-0.1, -0.05) is 17.8 Å². The fourth-order valence-corrected chi connectivity index (χ4v) is 3.97. The monoisotopic (exact) mass is 410 g/mol. The van der Waals surface area contributed by atoms with Crippen LogP contribution in [0.5, 0.6) is 0 Å². The summed E-state index contributed by atoms with van der Waals surface area (Å²) >= 11 is 1.32. The fraction of sp³-hybridized carbons (Fsp3) is 0.176. The van der Waals surface area contributed by atoms with E-state index in [0.717, 1.165) is 16.4 Å². The summed E-state index contributed by atoms with van der Waals surface area (Å²) in [6, 6.07) is 9.86. The van der Waals surface area contributed by atoms with Crippen molar-refractivity contribution in [3.63, 3.8) is 0 Å². The lowest BCUT2D eigenvalue weighted by Crippen LogP contribution is -2.25. The number of hydrazone groups is 1. The number of thioether (sulfide) groups is 1. The zero-order valence-corrected chi connectivity index (χ0v) is 16.1. The van der Waals surface area contributed by atoms with Crippen molar-refractivity contribution in [2.45, 2.75) is 4.90 Å². The third kappa shape index (κ3) is 4.34. The lowest BCUT2D eigenvalue weighted by molar-refractivity contribution is 0.508. The molecule has 142 valence electrons. The SMILES string of the molecule is CN(C)S(=O)(=O)c1cccc(N=C2NN=C(c3ccc(F)c(F)c3)CS2)c1. The van der Waals surface area contributed by atoms with Crippen LogP contribution in [-0.2, 0) is 10.0 Å². The second-order valence-electron chi connectivity index (χ2n) is 5.79. The molecule has 1 heterocycles. The second-order valence-corrected chi connectivity index (χ2v) is 8.91. The van der Waals surface area contributed by atoms with Crippen molar-refractivity contribution in [3.8, 4) is 0 Å². The topological polar surface area (TPSA) is 74.1 Å². The van der Waals surface area contributed by atoms with Gasteiger partial charge in [0.2, 0.25) is 10.0 Å². The van der Waals surface area contributed by atoms with E-state index in [2.05, 4.69) is 15.5 Å². The predicted molar refractivity (Wildman–Crippen MR) is 103 cm³/mol. The number of nitrogens with zero attached hydrogens (tertiary/aromatic N) is 3. The smallest absolute Gasteiger partial charge is 0.242 e. The minimum absolute atomic E-state index is 0.140. The maximum Gasteiger partial charge on any atom is 0.242 e. The third-order valence-electron chi connectivity index (χ3n) is 3.71. The number of nitrogens with one attached hydrogen (secondary N) is 1.